The Labute approximate surface area is 124 Å². The van der Waals surface area contributed by atoms with Crippen LogP contribution in [0.3, 0.4) is 0 Å². The van der Waals surface area contributed by atoms with E-state index in [1.54, 1.807) is 0 Å². The lowest BCUT2D eigenvalue weighted by Gasteiger charge is -2.25. The number of aromatic nitrogens is 4. The number of hydrogen-bond donors (Lipinski definition) is 1. The molecule has 1 aromatic heterocycles. The van der Waals surface area contributed by atoms with Crippen LogP contribution < -0.4 is 10.5 Å². The average Bonchev–Trinajstić information content (AvgIpc) is 3.09. The zero-order valence-corrected chi connectivity index (χ0v) is 12.5. The van der Waals surface area contributed by atoms with Crippen molar-refractivity contribution in [1.29, 1.82) is 0 Å². The molecule has 0 amide bonds. The van der Waals surface area contributed by atoms with Crippen LogP contribution in [0.1, 0.15) is 39.5 Å². The van der Waals surface area contributed by atoms with Crippen molar-refractivity contribution in [3.05, 3.63) is 18.2 Å². The molecule has 0 bridgehead atoms. The molecule has 0 aliphatic heterocycles. The lowest BCUT2D eigenvalue weighted by molar-refractivity contribution is 0.291. The third-order valence-electron chi connectivity index (χ3n) is 4.24. The van der Waals surface area contributed by atoms with Crippen LogP contribution >= 0.6 is 0 Å². The summed E-state index contributed by atoms with van der Waals surface area (Å²) in [6.07, 6.45) is 4.58. The number of nitrogens with two attached hydrogens (primary N) is 1. The van der Waals surface area contributed by atoms with Crippen LogP contribution in [0.2, 0.25) is 0 Å². The molecule has 1 fully saturated rings. The highest BCUT2D eigenvalue weighted by Gasteiger charge is 2.35. The number of tetrazole rings is 1. The molecule has 0 spiro atoms. The largest absolute Gasteiger partial charge is 0.493 e. The van der Waals surface area contributed by atoms with E-state index in [4.69, 9.17) is 10.5 Å². The van der Waals surface area contributed by atoms with E-state index < -0.39 is 0 Å². The van der Waals surface area contributed by atoms with Crippen LogP contribution in [0.25, 0.3) is 11.4 Å². The molecule has 1 saturated carbocycles. The van der Waals surface area contributed by atoms with Gasteiger partial charge in [-0.2, -0.15) is 0 Å². The summed E-state index contributed by atoms with van der Waals surface area (Å²) in [4.78, 5) is 0. The van der Waals surface area contributed by atoms with Gasteiger partial charge in [0.2, 0.25) is 0 Å². The molecule has 1 aliphatic carbocycles. The van der Waals surface area contributed by atoms with Gasteiger partial charge < -0.3 is 10.5 Å². The number of benzene rings is 1. The van der Waals surface area contributed by atoms with Gasteiger partial charge in [-0.15, -0.1) is 5.10 Å². The summed E-state index contributed by atoms with van der Waals surface area (Å²) in [5, 5.41) is 12.3. The Morgan fingerprint density at radius 1 is 1.33 bits per heavy atom. The maximum absolute atomic E-state index is 6.16. The fourth-order valence-corrected chi connectivity index (χ4v) is 3.12. The van der Waals surface area contributed by atoms with E-state index in [2.05, 4.69) is 22.4 Å². The number of nitrogen functional groups attached to an aromatic ring is 1. The van der Waals surface area contributed by atoms with Crippen LogP contribution in [0, 0.1) is 0 Å². The standard InChI is InChI=1S/C15H21N5O/c1-3-21-12-8-6-7-11(16)13(12)14-17-18-19-20(14)15(2)9-4-5-10-15/h6-8H,3-5,9-10,16H2,1-2H3. The molecule has 21 heavy (non-hydrogen) atoms. The molecule has 1 heterocycles. The van der Waals surface area contributed by atoms with Gasteiger partial charge in [0.15, 0.2) is 5.82 Å². The molecule has 1 aliphatic rings. The first kappa shape index (κ1) is 13.9. The van der Waals surface area contributed by atoms with Crippen LogP contribution in [0.5, 0.6) is 5.75 Å². The zero-order chi connectivity index (χ0) is 14.9. The second kappa shape index (κ2) is 5.35. The fourth-order valence-electron chi connectivity index (χ4n) is 3.12. The van der Waals surface area contributed by atoms with Crippen LogP contribution in [0.15, 0.2) is 18.2 Å². The quantitative estimate of drug-likeness (QED) is 0.874. The minimum atomic E-state index is -0.0371. The highest BCUT2D eigenvalue weighted by molar-refractivity contribution is 5.77. The van der Waals surface area contributed by atoms with Crippen molar-refractivity contribution in [2.24, 2.45) is 0 Å². The number of nitrogens with zero attached hydrogens (tertiary/aromatic N) is 4. The van der Waals surface area contributed by atoms with Gasteiger partial charge in [-0.1, -0.05) is 18.9 Å². The van der Waals surface area contributed by atoms with Gasteiger partial charge in [0.1, 0.15) is 5.75 Å². The van der Waals surface area contributed by atoms with E-state index in [9.17, 15) is 0 Å². The molecule has 2 aromatic rings. The summed E-state index contributed by atoms with van der Waals surface area (Å²) in [6, 6.07) is 5.65. The Hall–Kier alpha value is -2.11. The normalized spacial score (nSPS) is 17.0. The molecule has 0 saturated heterocycles. The maximum atomic E-state index is 6.16. The summed E-state index contributed by atoms with van der Waals surface area (Å²) in [6.45, 7) is 4.74. The Kier molecular flexibility index (Phi) is 3.53. The SMILES string of the molecule is CCOc1cccc(N)c1-c1nnnn1C1(C)CCCC1. The van der Waals surface area contributed by atoms with Crippen molar-refractivity contribution in [3.63, 3.8) is 0 Å². The third kappa shape index (κ3) is 2.34. The van der Waals surface area contributed by atoms with E-state index in [-0.39, 0.29) is 5.54 Å². The van der Waals surface area contributed by atoms with Crippen LogP contribution in [0.4, 0.5) is 5.69 Å². The van der Waals surface area contributed by atoms with Crippen molar-refractivity contribution in [2.75, 3.05) is 12.3 Å². The van der Waals surface area contributed by atoms with Crippen molar-refractivity contribution >= 4 is 5.69 Å². The Balaban J connectivity index is 2.12. The number of ether oxygens (including phenoxy) is 1. The van der Waals surface area contributed by atoms with E-state index in [1.807, 2.05) is 29.8 Å². The Morgan fingerprint density at radius 3 is 2.81 bits per heavy atom. The molecule has 0 radical (unpaired) electrons. The average molecular weight is 287 g/mol. The predicted molar refractivity (Wildman–Crippen MR) is 81.0 cm³/mol. The molecular weight excluding hydrogens is 266 g/mol. The van der Waals surface area contributed by atoms with Crippen LogP contribution in [-0.4, -0.2) is 26.8 Å². The smallest absolute Gasteiger partial charge is 0.188 e. The number of hydrogen-bond acceptors (Lipinski definition) is 5. The predicted octanol–water partition coefficient (Wildman–Crippen LogP) is 2.61. The highest BCUT2D eigenvalue weighted by Crippen LogP contribution is 2.40. The van der Waals surface area contributed by atoms with Gasteiger partial charge in [0.05, 0.1) is 17.7 Å². The van der Waals surface area contributed by atoms with Crippen molar-refractivity contribution in [3.8, 4) is 17.1 Å². The van der Waals surface area contributed by atoms with Crippen molar-refractivity contribution in [1.82, 2.24) is 20.2 Å². The lowest BCUT2D eigenvalue weighted by Crippen LogP contribution is -2.28. The number of anilines is 1. The first-order chi connectivity index (χ1) is 10.2. The molecule has 6 nitrogen and oxygen atoms in total. The molecule has 1 aromatic carbocycles. The maximum Gasteiger partial charge on any atom is 0.188 e. The Morgan fingerprint density at radius 2 is 2.10 bits per heavy atom. The topological polar surface area (TPSA) is 78.8 Å². The van der Waals surface area contributed by atoms with E-state index in [0.717, 1.165) is 24.2 Å². The second-order valence-corrected chi connectivity index (χ2v) is 5.77. The van der Waals surface area contributed by atoms with Gasteiger partial charge in [0, 0.05) is 5.69 Å². The third-order valence-corrected chi connectivity index (χ3v) is 4.24. The van der Waals surface area contributed by atoms with Crippen molar-refractivity contribution < 1.29 is 4.74 Å². The van der Waals surface area contributed by atoms with Gasteiger partial charge in [-0.3, -0.25) is 0 Å². The van der Waals surface area contributed by atoms with Gasteiger partial charge in [-0.05, 0) is 49.2 Å². The van der Waals surface area contributed by atoms with Gasteiger partial charge in [-0.25, -0.2) is 4.68 Å². The summed E-state index contributed by atoms with van der Waals surface area (Å²) < 4.78 is 7.63. The molecule has 3 rings (SSSR count). The first-order valence-electron chi connectivity index (χ1n) is 7.46. The highest BCUT2D eigenvalue weighted by atomic mass is 16.5. The van der Waals surface area contributed by atoms with E-state index >= 15 is 0 Å². The molecule has 0 atom stereocenters. The second-order valence-electron chi connectivity index (χ2n) is 5.77. The monoisotopic (exact) mass is 287 g/mol. The summed E-state index contributed by atoms with van der Waals surface area (Å²) in [7, 11) is 0. The summed E-state index contributed by atoms with van der Waals surface area (Å²) >= 11 is 0. The van der Waals surface area contributed by atoms with E-state index in [1.165, 1.54) is 12.8 Å². The molecule has 112 valence electrons. The minimum absolute atomic E-state index is 0.0371. The molecule has 6 heteroatoms. The lowest BCUT2D eigenvalue weighted by atomic mass is 10.00. The molecule has 2 N–H and O–H groups in total. The molecule has 0 unspecified atom stereocenters. The summed E-state index contributed by atoms with van der Waals surface area (Å²) in [5.74, 6) is 1.43. The van der Waals surface area contributed by atoms with Gasteiger partial charge >= 0.3 is 0 Å². The minimum Gasteiger partial charge on any atom is -0.493 e. The molecular formula is C15H21N5O. The summed E-state index contributed by atoms with van der Waals surface area (Å²) in [5.41, 5.74) is 7.55. The fraction of sp³-hybridized carbons (Fsp3) is 0.533. The number of rotatable bonds is 4. The zero-order valence-electron chi connectivity index (χ0n) is 12.5. The van der Waals surface area contributed by atoms with Crippen LogP contribution in [-0.2, 0) is 5.54 Å². The van der Waals surface area contributed by atoms with E-state index in [0.29, 0.717) is 18.1 Å². The Bertz CT molecular complexity index is 631. The van der Waals surface area contributed by atoms with Gasteiger partial charge in [0.25, 0.3) is 0 Å². The van der Waals surface area contributed by atoms with Crippen molar-refractivity contribution in [2.45, 2.75) is 45.1 Å². The first-order valence-corrected chi connectivity index (χ1v) is 7.46.